The molecule has 14 heteroatoms. The van der Waals surface area contributed by atoms with E-state index in [1.165, 1.54) is 28.0 Å². The lowest BCUT2D eigenvalue weighted by Gasteiger charge is -2.28. The van der Waals surface area contributed by atoms with Gasteiger partial charge in [0.15, 0.2) is 5.12 Å². The van der Waals surface area contributed by atoms with E-state index >= 15 is 0 Å². The normalized spacial score (nSPS) is 11.4. The minimum Gasteiger partial charge on any atom is -1.00 e. The van der Waals surface area contributed by atoms with Gasteiger partial charge in [0.05, 0.1) is 28.8 Å². The molecule has 0 radical (unpaired) electrons. The molecule has 7 rings (SSSR count). The fourth-order valence-electron chi connectivity index (χ4n) is 8.55. The minimum absolute atomic E-state index is 0. The van der Waals surface area contributed by atoms with Crippen molar-refractivity contribution in [2.75, 3.05) is 12.8 Å². The molecule has 346 valence electrons. The molecule has 11 nitrogen and oxygen atoms in total. The zero-order valence-corrected chi connectivity index (χ0v) is 41.0. The molecule has 0 fully saturated rings. The van der Waals surface area contributed by atoms with Crippen molar-refractivity contribution in [3.63, 3.8) is 0 Å². The molecule has 7 aromatic rings. The van der Waals surface area contributed by atoms with Crippen LogP contribution in [-0.2, 0) is 28.2 Å². The molecule has 67 heavy (non-hydrogen) atoms. The first-order valence-corrected chi connectivity index (χ1v) is 24.0. The largest absolute Gasteiger partial charge is 1.00 e. The van der Waals surface area contributed by atoms with Crippen LogP contribution in [0.1, 0.15) is 60.9 Å². The van der Waals surface area contributed by atoms with Crippen LogP contribution in [0.4, 0.5) is 10.5 Å². The monoisotopic (exact) mass is 1000 g/mol. The van der Waals surface area contributed by atoms with Gasteiger partial charge in [-0.15, -0.1) is 12.6 Å². The molecule has 0 aliphatic heterocycles. The van der Waals surface area contributed by atoms with Crippen LogP contribution in [0.2, 0.25) is 0 Å². The number of rotatable bonds is 19. The molecular formula is C53H51BrNO10PS. The number of ether oxygens (including phenoxy) is 4. The maximum Gasteiger partial charge on any atom is 0.514 e. The standard InChI is InChI=1S/C53H50NO10PS.BrH/c1-36-28-37(2)50(53(3,4)33-49(55)66)48(29-36)64-52(57)62-35-40-30-38-22-23-42(32-47(38)63-51(40)56)61-34-39-31-41(24-25-46(39)54(58)59)60-26-14-15-27-65(43-16-8-5-9-17-43,44-18-10-6-11-19-44)45-20-12-7-13-21-45;/h5-13,16-25,28-32H,14-15,26-27,33-35H2,1-4H3;1H. The van der Waals surface area contributed by atoms with Crippen LogP contribution < -0.4 is 52.7 Å². The zero-order valence-electron chi connectivity index (χ0n) is 37.6. The van der Waals surface area contributed by atoms with E-state index in [1.54, 1.807) is 36.4 Å². The van der Waals surface area contributed by atoms with E-state index < -0.39 is 36.0 Å². The number of hydrogen-bond donors (Lipinski definition) is 1. The number of nitro groups is 1. The number of hydrogen-bond acceptors (Lipinski definition) is 10. The average Bonchev–Trinajstić information content (AvgIpc) is 3.29. The summed E-state index contributed by atoms with van der Waals surface area (Å²) in [6.45, 7) is 7.30. The van der Waals surface area contributed by atoms with Crippen LogP contribution in [0, 0.1) is 24.0 Å². The van der Waals surface area contributed by atoms with Crippen molar-refractivity contribution in [1.82, 2.24) is 0 Å². The lowest BCUT2D eigenvalue weighted by molar-refractivity contribution is -0.385. The summed E-state index contributed by atoms with van der Waals surface area (Å²) in [7, 11) is -1.98. The van der Waals surface area contributed by atoms with Crippen LogP contribution >= 0.6 is 19.9 Å². The number of thiol groups is 1. The summed E-state index contributed by atoms with van der Waals surface area (Å²) >= 11 is 3.95. The third kappa shape index (κ3) is 12.2. The molecule has 0 bridgehead atoms. The van der Waals surface area contributed by atoms with Gasteiger partial charge in [0.25, 0.3) is 5.69 Å². The quantitative estimate of drug-likeness (QED) is 0.0124. The van der Waals surface area contributed by atoms with Crippen molar-refractivity contribution >= 4 is 63.7 Å². The number of unbranched alkanes of at least 4 members (excludes halogenated alkanes) is 1. The summed E-state index contributed by atoms with van der Waals surface area (Å²) in [4.78, 5) is 49.4. The van der Waals surface area contributed by atoms with Crippen molar-refractivity contribution in [3.8, 4) is 17.2 Å². The molecule has 0 saturated heterocycles. The van der Waals surface area contributed by atoms with E-state index in [0.29, 0.717) is 34.6 Å². The molecule has 0 aliphatic carbocycles. The smallest absolute Gasteiger partial charge is 0.514 e. The zero-order chi connectivity index (χ0) is 46.8. The van der Waals surface area contributed by atoms with Crippen LogP contribution in [0.15, 0.2) is 155 Å². The second-order valence-corrected chi connectivity index (χ2v) is 20.9. The summed E-state index contributed by atoms with van der Waals surface area (Å²) in [6.07, 6.45) is 1.69. The molecule has 0 saturated carbocycles. The average molecular weight is 1000 g/mol. The predicted molar refractivity (Wildman–Crippen MR) is 263 cm³/mol. The van der Waals surface area contributed by atoms with Crippen molar-refractivity contribution in [2.45, 2.75) is 65.6 Å². The van der Waals surface area contributed by atoms with Crippen LogP contribution in [0.25, 0.3) is 11.0 Å². The molecule has 0 atom stereocenters. The highest BCUT2D eigenvalue weighted by molar-refractivity contribution is 7.96. The minimum atomic E-state index is -1.98. The molecule has 0 aliphatic rings. The first kappa shape index (κ1) is 50.1. The summed E-state index contributed by atoms with van der Waals surface area (Å²) in [5.41, 5.74) is 1.40. The van der Waals surface area contributed by atoms with Crippen molar-refractivity contribution < 1.29 is 54.9 Å². The summed E-state index contributed by atoms with van der Waals surface area (Å²) in [5, 5.41) is 16.2. The number of fused-ring (bicyclic) bond motifs is 1. The van der Waals surface area contributed by atoms with Crippen molar-refractivity contribution in [2.24, 2.45) is 0 Å². The molecule has 0 spiro atoms. The Morgan fingerprint density at radius 2 is 1.33 bits per heavy atom. The lowest BCUT2D eigenvalue weighted by atomic mass is 9.78. The van der Waals surface area contributed by atoms with Crippen molar-refractivity contribution in [1.29, 1.82) is 0 Å². The predicted octanol–water partition coefficient (Wildman–Crippen LogP) is 7.89. The topological polar surface area (TPSA) is 144 Å². The highest BCUT2D eigenvalue weighted by atomic mass is 79.9. The van der Waals surface area contributed by atoms with Gasteiger partial charge < -0.3 is 40.3 Å². The van der Waals surface area contributed by atoms with Gasteiger partial charge in [0, 0.05) is 34.9 Å². The first-order valence-electron chi connectivity index (χ1n) is 21.6. The highest BCUT2D eigenvalue weighted by Gasteiger charge is 2.44. The first-order chi connectivity index (χ1) is 31.7. The van der Waals surface area contributed by atoms with Gasteiger partial charge in [0.1, 0.15) is 59.2 Å². The highest BCUT2D eigenvalue weighted by Crippen LogP contribution is 2.56. The number of carbonyl (C=O) groups is 2. The van der Waals surface area contributed by atoms with Gasteiger partial charge in [-0.3, -0.25) is 14.9 Å². The molecule has 0 unspecified atom stereocenters. The van der Waals surface area contributed by atoms with E-state index in [9.17, 15) is 24.5 Å². The van der Waals surface area contributed by atoms with Crippen molar-refractivity contribution in [3.05, 3.63) is 194 Å². The molecule has 6 aromatic carbocycles. The molecule has 1 heterocycles. The maximum absolute atomic E-state index is 13.0. The van der Waals surface area contributed by atoms with Crippen LogP contribution in [0.5, 0.6) is 17.2 Å². The van der Waals surface area contributed by atoms with Crippen LogP contribution in [-0.4, -0.2) is 29.0 Å². The van der Waals surface area contributed by atoms with Gasteiger partial charge in [0.2, 0.25) is 0 Å². The molecule has 0 amide bonds. The molecule has 0 N–H and O–H groups in total. The molecular weight excluding hydrogens is 954 g/mol. The van der Waals surface area contributed by atoms with E-state index in [-0.39, 0.29) is 57.7 Å². The second-order valence-electron chi connectivity index (χ2n) is 16.7. The van der Waals surface area contributed by atoms with E-state index in [4.69, 9.17) is 23.4 Å². The van der Waals surface area contributed by atoms with E-state index in [0.717, 1.165) is 30.1 Å². The van der Waals surface area contributed by atoms with Gasteiger partial charge in [-0.25, -0.2) is 9.59 Å². The Morgan fingerprint density at radius 1 is 0.731 bits per heavy atom. The second kappa shape index (κ2) is 22.5. The lowest BCUT2D eigenvalue weighted by Crippen LogP contribution is -3.00. The Hall–Kier alpha value is -6.27. The number of nitrogens with zero attached hydrogens (tertiary/aromatic N) is 1. The fourth-order valence-corrected chi connectivity index (χ4v) is 13.4. The van der Waals surface area contributed by atoms with Crippen LogP contribution in [0.3, 0.4) is 0 Å². The Kier molecular flexibility index (Phi) is 16.8. The van der Waals surface area contributed by atoms with Gasteiger partial charge in [-0.05, 0) is 111 Å². The Bertz CT molecular complexity index is 2820. The number of benzene rings is 6. The third-order valence-corrected chi connectivity index (χ3v) is 16.1. The number of nitro benzene ring substituents is 1. The Balaban J connectivity index is 0.00000741. The summed E-state index contributed by atoms with van der Waals surface area (Å²) < 4.78 is 28.7. The summed E-state index contributed by atoms with van der Waals surface area (Å²) in [5.74, 6) is 1.05. The van der Waals surface area contributed by atoms with Gasteiger partial charge >= 0.3 is 11.8 Å². The number of carbonyl (C=O) groups excluding carboxylic acids is 2. The van der Waals surface area contributed by atoms with E-state index in [1.807, 2.05) is 52.0 Å². The van der Waals surface area contributed by atoms with Gasteiger partial charge in [-0.2, -0.15) is 0 Å². The molecule has 1 aromatic heterocycles. The van der Waals surface area contributed by atoms with Gasteiger partial charge in [-0.1, -0.05) is 74.5 Å². The maximum atomic E-state index is 13.0. The third-order valence-electron chi connectivity index (χ3n) is 11.4. The van der Waals surface area contributed by atoms with E-state index in [2.05, 4.69) is 85.4 Å². The fraction of sp³-hybridized carbons (Fsp3) is 0.226. The summed E-state index contributed by atoms with van der Waals surface area (Å²) in [6, 6.07) is 46.8. The number of aryl methyl sites for hydroxylation is 2. The SMILES string of the molecule is Cc1cc(C)c(C(C)(C)CC(=O)S)c(OC(=O)OCc2cc3ccc(OCc4cc(OCCCC[P+](c5ccccc5)(c5ccccc5)c5ccccc5)ccc4[N+](=O)[O-])cc3oc2=O)c1.[Br-]. The number of halogens is 1. The Labute approximate surface area is 406 Å². The Morgan fingerprint density at radius 3 is 1.93 bits per heavy atom.